The van der Waals surface area contributed by atoms with E-state index in [-0.39, 0.29) is 50.7 Å². The molecular weight excluding hydrogens is 787 g/mol. The van der Waals surface area contributed by atoms with E-state index in [9.17, 15) is 24.2 Å². The highest BCUT2D eigenvalue weighted by Gasteiger charge is 2.33. The zero-order valence-electron chi connectivity index (χ0n) is 33.6. The zero-order valence-corrected chi connectivity index (χ0v) is 34.4. The van der Waals surface area contributed by atoms with E-state index in [2.05, 4.69) is 9.69 Å². The van der Waals surface area contributed by atoms with Gasteiger partial charge in [0.15, 0.2) is 17.3 Å². The molecule has 0 aliphatic heterocycles. The quantitative estimate of drug-likeness (QED) is 0.134. The van der Waals surface area contributed by atoms with E-state index in [1.54, 1.807) is 43.3 Å². The van der Waals surface area contributed by atoms with E-state index in [0.29, 0.717) is 22.0 Å². The highest BCUT2D eigenvalue weighted by Crippen LogP contribution is 2.34. The van der Waals surface area contributed by atoms with Crippen LogP contribution in [0.25, 0.3) is 53.3 Å². The van der Waals surface area contributed by atoms with Crippen LogP contribution < -0.4 is 0 Å². The summed E-state index contributed by atoms with van der Waals surface area (Å²) in [7, 11) is 0. The molecular formula is C51H46ClFN4O4. The van der Waals surface area contributed by atoms with Crippen molar-refractivity contribution in [3.63, 3.8) is 0 Å². The number of aromatic nitrogens is 2. The normalized spacial score (nSPS) is 13.1. The van der Waals surface area contributed by atoms with Gasteiger partial charge in [-0.15, -0.1) is 0 Å². The van der Waals surface area contributed by atoms with Crippen molar-refractivity contribution in [2.45, 2.75) is 72.3 Å². The standard InChI is InChI=1S/C26H23FN2O2.C24H19ClN2O2.CH4/c1-16-5-9-23-20(11-16)21-14-19(27)7-10-24(21)29(23)15-26(3,31)25(30)13-18-6-8-22(28-4)17(2)12-18;1-24(29,23(28)14-16-11-12-20(26-2)19(25)13-16)15-27-21-9-5-3-7-17(21)18-8-4-6-10-22(18)27;/h5-12,14,31H,13,15H2,1-3H3;3-13,29H,14-15H2,1H3;1H4/t26-;24-;/m00./s1. The van der Waals surface area contributed by atoms with Crippen LogP contribution in [0.1, 0.15) is 43.5 Å². The number of aliphatic hydroxyl groups is 2. The SMILES string of the molecule is C.[C-]#[N+]c1ccc(CC(=O)[C@@](C)(O)Cn2c3ccc(C)cc3c3cc(F)ccc32)cc1C.[C-]#[N+]c1ccc(CC(=O)[C@@](C)(O)Cn2c3ccccc3c3ccccc32)cc1Cl. The molecule has 2 aromatic heterocycles. The van der Waals surface area contributed by atoms with Crippen LogP contribution in [0.4, 0.5) is 15.8 Å². The van der Waals surface area contributed by atoms with Crippen molar-refractivity contribution in [3.8, 4) is 0 Å². The van der Waals surface area contributed by atoms with Gasteiger partial charge < -0.3 is 19.3 Å². The third-order valence-corrected chi connectivity index (χ3v) is 11.3. The van der Waals surface area contributed by atoms with Crippen LogP contribution in [0.15, 0.2) is 121 Å². The number of fused-ring (bicyclic) bond motifs is 6. The predicted molar refractivity (Wildman–Crippen MR) is 244 cm³/mol. The number of benzene rings is 6. The lowest BCUT2D eigenvalue weighted by Crippen LogP contribution is -2.40. The van der Waals surface area contributed by atoms with Gasteiger partial charge in [-0.2, -0.15) is 0 Å². The molecule has 308 valence electrons. The molecule has 2 N–H and O–H groups in total. The number of para-hydroxylation sites is 2. The number of Topliss-reactive ketones (excluding diaryl/α,β-unsaturated/α-hetero) is 2. The Bertz CT molecular complexity index is 2960. The minimum atomic E-state index is -1.62. The second kappa shape index (κ2) is 17.5. The molecule has 0 aliphatic rings. The van der Waals surface area contributed by atoms with E-state index < -0.39 is 11.2 Å². The van der Waals surface area contributed by atoms with Gasteiger partial charge in [-0.1, -0.05) is 103 Å². The Morgan fingerprint density at radius 3 is 1.59 bits per heavy atom. The minimum Gasteiger partial charge on any atom is -0.380 e. The van der Waals surface area contributed by atoms with Crippen LogP contribution in [0.5, 0.6) is 0 Å². The van der Waals surface area contributed by atoms with Gasteiger partial charge in [-0.05, 0) is 86.8 Å². The van der Waals surface area contributed by atoms with Crippen molar-refractivity contribution in [3.05, 3.63) is 177 Å². The molecule has 8 nitrogen and oxygen atoms in total. The Balaban J connectivity index is 0.000000201. The summed E-state index contributed by atoms with van der Waals surface area (Å²) in [6.45, 7) is 21.3. The molecule has 0 amide bonds. The molecule has 0 unspecified atom stereocenters. The van der Waals surface area contributed by atoms with Crippen LogP contribution >= 0.6 is 11.6 Å². The molecule has 6 aromatic carbocycles. The Labute approximate surface area is 359 Å². The highest BCUT2D eigenvalue weighted by molar-refractivity contribution is 6.33. The van der Waals surface area contributed by atoms with E-state index in [4.69, 9.17) is 24.7 Å². The van der Waals surface area contributed by atoms with Crippen LogP contribution in [-0.2, 0) is 35.5 Å². The predicted octanol–water partition coefficient (Wildman–Crippen LogP) is 11.9. The molecule has 0 bridgehead atoms. The summed E-state index contributed by atoms with van der Waals surface area (Å²) in [6, 6.07) is 36.6. The topological polar surface area (TPSA) is 93.2 Å². The first kappa shape index (κ1) is 43.9. The van der Waals surface area contributed by atoms with Crippen molar-refractivity contribution in [1.29, 1.82) is 0 Å². The first-order valence-corrected chi connectivity index (χ1v) is 19.8. The van der Waals surface area contributed by atoms with Crippen molar-refractivity contribution < 1.29 is 24.2 Å². The molecule has 0 spiro atoms. The first-order chi connectivity index (χ1) is 28.6. The lowest BCUT2D eigenvalue weighted by molar-refractivity contribution is -0.136. The van der Waals surface area contributed by atoms with Crippen molar-refractivity contribution in [2.75, 3.05) is 0 Å². The maximum absolute atomic E-state index is 13.9. The van der Waals surface area contributed by atoms with E-state index in [0.717, 1.165) is 60.3 Å². The number of rotatable bonds is 10. The largest absolute Gasteiger partial charge is 0.380 e. The van der Waals surface area contributed by atoms with Crippen LogP contribution in [-0.4, -0.2) is 42.1 Å². The lowest BCUT2D eigenvalue weighted by atomic mass is 9.94. The van der Waals surface area contributed by atoms with Crippen molar-refractivity contribution >= 4 is 78.2 Å². The molecule has 0 fully saturated rings. The molecule has 10 heteroatoms. The van der Waals surface area contributed by atoms with Crippen LogP contribution in [0, 0.1) is 32.8 Å². The molecule has 0 saturated carbocycles. The zero-order chi connectivity index (χ0) is 42.9. The second-order valence-electron chi connectivity index (χ2n) is 15.8. The molecule has 2 atom stereocenters. The van der Waals surface area contributed by atoms with Gasteiger partial charge in [-0.25, -0.2) is 14.1 Å². The Morgan fingerprint density at radius 2 is 1.08 bits per heavy atom. The van der Waals surface area contributed by atoms with E-state index in [1.807, 2.05) is 95.8 Å². The Hall–Kier alpha value is -6.62. The molecule has 61 heavy (non-hydrogen) atoms. The average molecular weight is 833 g/mol. The Kier molecular flexibility index (Phi) is 12.6. The number of halogens is 2. The summed E-state index contributed by atoms with van der Waals surface area (Å²) < 4.78 is 17.8. The van der Waals surface area contributed by atoms with Gasteiger partial charge in [-0.3, -0.25) is 9.59 Å². The van der Waals surface area contributed by atoms with Gasteiger partial charge in [0, 0.05) is 61.5 Å². The van der Waals surface area contributed by atoms with Gasteiger partial charge in [0.25, 0.3) is 0 Å². The molecule has 0 aliphatic carbocycles. The number of hydrogen-bond donors (Lipinski definition) is 2. The molecule has 0 saturated heterocycles. The third-order valence-electron chi connectivity index (χ3n) is 11.0. The fourth-order valence-corrected chi connectivity index (χ4v) is 8.03. The molecule has 8 rings (SSSR count). The number of carbonyl (C=O) groups is 2. The first-order valence-electron chi connectivity index (χ1n) is 19.4. The lowest BCUT2D eigenvalue weighted by Gasteiger charge is -2.24. The van der Waals surface area contributed by atoms with Gasteiger partial charge in [0.05, 0.1) is 26.2 Å². The van der Waals surface area contributed by atoms with E-state index in [1.165, 1.54) is 19.1 Å². The summed E-state index contributed by atoms with van der Waals surface area (Å²) in [5.74, 6) is -0.938. The number of nitrogens with zero attached hydrogens (tertiary/aromatic N) is 4. The number of hydrogen-bond acceptors (Lipinski definition) is 4. The van der Waals surface area contributed by atoms with Gasteiger partial charge >= 0.3 is 0 Å². The number of aryl methyl sites for hydroxylation is 2. The minimum absolute atomic E-state index is 0. The van der Waals surface area contributed by atoms with Gasteiger partial charge in [0.1, 0.15) is 17.0 Å². The van der Waals surface area contributed by atoms with E-state index >= 15 is 0 Å². The number of ketones is 2. The fourth-order valence-electron chi connectivity index (χ4n) is 7.78. The van der Waals surface area contributed by atoms with Crippen LogP contribution in [0.2, 0.25) is 5.02 Å². The van der Waals surface area contributed by atoms with Crippen molar-refractivity contribution in [2.24, 2.45) is 0 Å². The monoisotopic (exact) mass is 832 g/mol. The summed E-state index contributed by atoms with van der Waals surface area (Å²) in [5, 5.41) is 26.3. The summed E-state index contributed by atoms with van der Waals surface area (Å²) in [5.41, 5.74) is 4.58. The molecule has 0 radical (unpaired) electrons. The maximum atomic E-state index is 13.9. The maximum Gasteiger partial charge on any atom is 0.205 e. The third kappa shape index (κ3) is 8.96. The average Bonchev–Trinajstić information content (AvgIpc) is 3.68. The molecule has 8 aromatic rings. The second-order valence-corrected chi connectivity index (χ2v) is 16.2. The van der Waals surface area contributed by atoms with Gasteiger partial charge in [0.2, 0.25) is 5.69 Å². The Morgan fingerprint density at radius 1 is 0.623 bits per heavy atom. The van der Waals surface area contributed by atoms with Crippen LogP contribution in [0.3, 0.4) is 0 Å². The summed E-state index contributed by atoms with van der Waals surface area (Å²) in [4.78, 5) is 32.7. The highest BCUT2D eigenvalue weighted by atomic mass is 35.5. The molecule has 2 heterocycles. The smallest absolute Gasteiger partial charge is 0.205 e. The van der Waals surface area contributed by atoms with Crippen molar-refractivity contribution in [1.82, 2.24) is 9.13 Å². The fraction of sp³-hybridized carbons (Fsp3) is 0.216. The number of carbonyl (C=O) groups excluding carboxylic acids is 2. The summed E-state index contributed by atoms with van der Waals surface area (Å²) in [6.07, 6.45) is 0.110. The summed E-state index contributed by atoms with van der Waals surface area (Å²) >= 11 is 6.08.